The number of rotatable bonds is 9. The second-order valence-electron chi connectivity index (χ2n) is 8.77. The van der Waals surface area contributed by atoms with Crippen LogP contribution in [0.4, 0.5) is 5.00 Å². The van der Waals surface area contributed by atoms with Crippen molar-refractivity contribution in [3.63, 3.8) is 0 Å². The third-order valence-corrected chi connectivity index (χ3v) is 6.75. The van der Waals surface area contributed by atoms with Crippen LogP contribution in [0.3, 0.4) is 0 Å². The predicted octanol–water partition coefficient (Wildman–Crippen LogP) is 2.81. The zero-order valence-electron chi connectivity index (χ0n) is 20.2. The first kappa shape index (κ1) is 25.2. The number of isocyanates is 1. The summed E-state index contributed by atoms with van der Waals surface area (Å²) in [5, 5.41) is 9.42. The maximum absolute atomic E-state index is 12.3. The number of hydrogen-bond donors (Lipinski definition) is 1. The van der Waals surface area contributed by atoms with Gasteiger partial charge in [-0.25, -0.2) is 9.59 Å². The number of hydrogen-bond acceptors (Lipinski definition) is 10. The zero-order chi connectivity index (χ0) is 25.9. The van der Waals surface area contributed by atoms with Crippen LogP contribution in [-0.4, -0.2) is 56.5 Å². The molecular weight excluding hydrogens is 484 g/mol. The van der Waals surface area contributed by atoms with Gasteiger partial charge in [-0.05, 0) is 38.5 Å². The zero-order valence-corrected chi connectivity index (χ0v) is 21.0. The van der Waals surface area contributed by atoms with Crippen LogP contribution < -0.4 is 10.5 Å². The van der Waals surface area contributed by atoms with Gasteiger partial charge < -0.3 is 20.1 Å². The molecule has 0 radical (unpaired) electrons. The summed E-state index contributed by atoms with van der Waals surface area (Å²) in [4.78, 5) is 42.1. The lowest BCUT2D eigenvalue weighted by molar-refractivity contribution is -0.128. The van der Waals surface area contributed by atoms with Crippen molar-refractivity contribution >= 4 is 34.3 Å². The minimum atomic E-state index is -0.572. The summed E-state index contributed by atoms with van der Waals surface area (Å²) in [5.74, 6) is 0.130. The second-order valence-corrected chi connectivity index (χ2v) is 9.75. The predicted molar refractivity (Wildman–Crippen MR) is 131 cm³/mol. The molecule has 0 spiro atoms. The van der Waals surface area contributed by atoms with Gasteiger partial charge in [-0.1, -0.05) is 23.5 Å². The van der Waals surface area contributed by atoms with Crippen LogP contribution in [0.2, 0.25) is 0 Å². The number of esters is 1. The monoisotopic (exact) mass is 510 g/mol. The number of amides is 1. The third-order valence-electron chi connectivity index (χ3n) is 5.59. The Morgan fingerprint density at radius 3 is 2.72 bits per heavy atom. The molecule has 0 aliphatic carbocycles. The summed E-state index contributed by atoms with van der Waals surface area (Å²) in [6, 6.07) is 7.49. The lowest BCUT2D eigenvalue weighted by Crippen LogP contribution is -2.38. The van der Waals surface area contributed by atoms with E-state index >= 15 is 0 Å². The molecule has 0 bridgehead atoms. The highest BCUT2D eigenvalue weighted by Gasteiger charge is 2.36. The highest BCUT2D eigenvalue weighted by Crippen LogP contribution is 2.37. The maximum atomic E-state index is 12.3. The van der Waals surface area contributed by atoms with E-state index in [1.807, 2.05) is 31.2 Å². The Morgan fingerprint density at radius 2 is 2.08 bits per heavy atom. The molecule has 12 heteroatoms. The molecular formula is C24H26N6O5S. The second kappa shape index (κ2) is 10.4. The first-order valence-electron chi connectivity index (χ1n) is 11.3. The lowest BCUT2D eigenvalue weighted by atomic mass is 10.0. The van der Waals surface area contributed by atoms with E-state index in [1.165, 1.54) is 10.9 Å². The molecule has 0 saturated carbocycles. The molecule has 1 saturated heterocycles. The molecule has 1 amide bonds. The molecule has 4 rings (SSSR count). The molecule has 36 heavy (non-hydrogen) atoms. The summed E-state index contributed by atoms with van der Waals surface area (Å²) in [5.41, 5.74) is 7.91. The smallest absolute Gasteiger partial charge is 0.341 e. The van der Waals surface area contributed by atoms with Crippen molar-refractivity contribution in [2.45, 2.75) is 45.9 Å². The van der Waals surface area contributed by atoms with E-state index < -0.39 is 11.5 Å². The number of carbonyl (C=O) groups is 2. The first-order valence-corrected chi connectivity index (χ1v) is 12.1. The van der Waals surface area contributed by atoms with E-state index in [0.717, 1.165) is 16.9 Å². The number of ether oxygens (including phenoxy) is 2. The van der Waals surface area contributed by atoms with Crippen molar-refractivity contribution in [3.05, 3.63) is 52.8 Å². The fourth-order valence-corrected chi connectivity index (χ4v) is 4.98. The molecule has 1 aromatic carbocycles. The molecule has 1 unspecified atom stereocenters. The van der Waals surface area contributed by atoms with Gasteiger partial charge in [0.25, 0.3) is 0 Å². The first-order chi connectivity index (χ1) is 17.2. The third kappa shape index (κ3) is 5.51. The van der Waals surface area contributed by atoms with Gasteiger partial charge in [-0.2, -0.15) is 10.1 Å². The topological polar surface area (TPSA) is 142 Å². The largest absolute Gasteiger partial charge is 0.487 e. The van der Waals surface area contributed by atoms with Crippen molar-refractivity contribution in [1.82, 2.24) is 19.9 Å². The Hall–Kier alpha value is -3.86. The summed E-state index contributed by atoms with van der Waals surface area (Å²) < 4.78 is 10.9. The summed E-state index contributed by atoms with van der Waals surface area (Å²) >= 11 is 1.09. The summed E-state index contributed by atoms with van der Waals surface area (Å²) in [7, 11) is 0. The van der Waals surface area contributed by atoms with Crippen molar-refractivity contribution in [3.8, 4) is 10.8 Å². The molecule has 2 N–H and O–H groups in total. The van der Waals surface area contributed by atoms with Crippen molar-refractivity contribution in [2.24, 2.45) is 10.7 Å². The average molecular weight is 511 g/mol. The number of likely N-dealkylation sites (tertiary alicyclic amines) is 1. The van der Waals surface area contributed by atoms with E-state index in [-0.39, 0.29) is 29.7 Å². The summed E-state index contributed by atoms with van der Waals surface area (Å²) in [6.45, 7) is 6.70. The normalized spacial score (nSPS) is 17.2. The molecule has 1 aliphatic heterocycles. The van der Waals surface area contributed by atoms with Gasteiger partial charge in [0.05, 0.1) is 12.8 Å². The van der Waals surface area contributed by atoms with Crippen molar-refractivity contribution in [1.29, 1.82) is 0 Å². The van der Waals surface area contributed by atoms with E-state index in [2.05, 4.69) is 15.2 Å². The van der Waals surface area contributed by atoms with Crippen LogP contribution >= 0.6 is 11.3 Å². The van der Waals surface area contributed by atoms with Crippen LogP contribution in [0.15, 0.2) is 35.5 Å². The Kier molecular flexibility index (Phi) is 7.30. The van der Waals surface area contributed by atoms with Gasteiger partial charge in [-0.15, -0.1) is 9.90 Å². The van der Waals surface area contributed by atoms with Gasteiger partial charge in [0.2, 0.25) is 12.0 Å². The van der Waals surface area contributed by atoms with Gasteiger partial charge in [0, 0.05) is 30.6 Å². The van der Waals surface area contributed by atoms with Gasteiger partial charge >= 0.3 is 5.97 Å². The van der Waals surface area contributed by atoms with Crippen LogP contribution in [0.1, 0.15) is 47.4 Å². The van der Waals surface area contributed by atoms with E-state index in [9.17, 15) is 14.4 Å². The van der Waals surface area contributed by atoms with E-state index in [0.29, 0.717) is 41.5 Å². The highest BCUT2D eigenvalue weighted by atomic mass is 32.1. The molecule has 1 fully saturated rings. The van der Waals surface area contributed by atoms with Gasteiger partial charge in [-0.3, -0.25) is 4.79 Å². The number of benzene rings is 1. The Bertz CT molecular complexity index is 1320. The highest BCUT2D eigenvalue weighted by molar-refractivity contribution is 7.18. The van der Waals surface area contributed by atoms with Gasteiger partial charge in [0.1, 0.15) is 33.6 Å². The quantitative estimate of drug-likeness (QED) is 0.263. The van der Waals surface area contributed by atoms with Crippen LogP contribution in [0.25, 0.3) is 5.00 Å². The Morgan fingerprint density at radius 1 is 1.33 bits per heavy atom. The molecule has 11 nitrogen and oxygen atoms in total. The van der Waals surface area contributed by atoms with Crippen molar-refractivity contribution in [2.75, 3.05) is 13.2 Å². The minimum Gasteiger partial charge on any atom is -0.487 e. The fourth-order valence-electron chi connectivity index (χ4n) is 3.95. The fraction of sp³-hybridized carbons (Fsp3) is 0.375. The van der Waals surface area contributed by atoms with Crippen LogP contribution in [-0.2, 0) is 27.5 Å². The molecule has 3 heterocycles. The Labute approximate surface area is 211 Å². The Balaban J connectivity index is 1.41. The van der Waals surface area contributed by atoms with Crippen LogP contribution in [0.5, 0.6) is 5.75 Å². The number of thiophene rings is 1. The standard InChI is InChI=1S/C24H26N6O5S/c1-4-34-23(33)20-15(2)22(36-21(20)26-14-31)30-27-10-17(28-30)12-35-18-7-5-16(6-8-18)11-29-13-24(3,25)9-19(29)32/h5-8,10H,4,9,11-13,25H2,1-3H3. The van der Waals surface area contributed by atoms with Crippen LogP contribution in [0, 0.1) is 6.92 Å². The molecule has 3 aromatic rings. The number of aliphatic imine (C=N–C) groups is 1. The minimum absolute atomic E-state index is 0.0591. The van der Waals surface area contributed by atoms with E-state index in [1.54, 1.807) is 24.9 Å². The van der Waals surface area contributed by atoms with Gasteiger partial charge in [0.15, 0.2) is 0 Å². The van der Waals surface area contributed by atoms with E-state index in [4.69, 9.17) is 15.2 Å². The molecule has 2 aromatic heterocycles. The molecule has 188 valence electrons. The number of carbonyl (C=O) groups excluding carboxylic acids is 3. The number of nitrogens with two attached hydrogens (primary N) is 1. The maximum Gasteiger partial charge on any atom is 0.341 e. The number of aromatic nitrogens is 3. The SMILES string of the molecule is CCOC(=O)c1c(N=C=O)sc(-n2ncc(COc3ccc(CN4CC(C)(N)CC4=O)cc3)n2)c1C. The average Bonchev–Trinajstić information content (AvgIpc) is 3.49. The summed E-state index contributed by atoms with van der Waals surface area (Å²) in [6.07, 6.45) is 3.38. The molecule has 1 atom stereocenters. The number of nitrogens with zero attached hydrogens (tertiary/aromatic N) is 5. The molecule has 1 aliphatic rings. The van der Waals surface area contributed by atoms with Crippen molar-refractivity contribution < 1.29 is 23.9 Å². The lowest BCUT2D eigenvalue weighted by Gasteiger charge is -2.19.